The number of aromatic nitrogens is 5. The second-order valence-corrected chi connectivity index (χ2v) is 3.93. The van der Waals surface area contributed by atoms with Crippen molar-refractivity contribution in [2.75, 3.05) is 0 Å². The van der Waals surface area contributed by atoms with E-state index in [4.69, 9.17) is 10.3 Å². The zero-order chi connectivity index (χ0) is 11.0. The van der Waals surface area contributed by atoms with Gasteiger partial charge in [-0.05, 0) is 12.8 Å². The van der Waals surface area contributed by atoms with Gasteiger partial charge in [-0.1, -0.05) is 10.4 Å². The van der Waals surface area contributed by atoms with Gasteiger partial charge in [-0.3, -0.25) is 0 Å². The first-order valence-corrected chi connectivity index (χ1v) is 5.26. The molecular weight excluding hydrogens is 208 g/mol. The van der Waals surface area contributed by atoms with Crippen molar-refractivity contribution in [3.8, 4) is 0 Å². The number of hydrogen-bond donors (Lipinski definition) is 1. The van der Waals surface area contributed by atoms with Gasteiger partial charge in [-0.15, -0.1) is 5.10 Å². The molecule has 0 aliphatic heterocycles. The molecular formula is C9H12N6O. The van der Waals surface area contributed by atoms with E-state index in [2.05, 4.69) is 20.5 Å². The van der Waals surface area contributed by atoms with Crippen LogP contribution in [0, 0.1) is 0 Å². The number of nitrogens with two attached hydrogens (primary N) is 1. The summed E-state index contributed by atoms with van der Waals surface area (Å²) >= 11 is 0. The Balaban J connectivity index is 1.72. The van der Waals surface area contributed by atoms with Crippen LogP contribution in [0.25, 0.3) is 0 Å². The van der Waals surface area contributed by atoms with Crippen LogP contribution in [0.15, 0.2) is 10.7 Å². The smallest absolute Gasteiger partial charge is 0.248 e. The fourth-order valence-electron chi connectivity index (χ4n) is 1.49. The molecule has 7 heteroatoms. The Hall–Kier alpha value is -1.76. The lowest BCUT2D eigenvalue weighted by molar-refractivity contribution is 0.360. The summed E-state index contributed by atoms with van der Waals surface area (Å²) in [5, 5.41) is 11.7. The van der Waals surface area contributed by atoms with E-state index in [-0.39, 0.29) is 0 Å². The van der Waals surface area contributed by atoms with Crippen LogP contribution in [-0.2, 0) is 13.1 Å². The Morgan fingerprint density at radius 1 is 1.50 bits per heavy atom. The molecule has 1 saturated carbocycles. The van der Waals surface area contributed by atoms with Crippen LogP contribution in [0.2, 0.25) is 0 Å². The van der Waals surface area contributed by atoms with Crippen molar-refractivity contribution < 1.29 is 4.52 Å². The van der Waals surface area contributed by atoms with Gasteiger partial charge in [0.05, 0.1) is 11.9 Å². The highest BCUT2D eigenvalue weighted by Gasteiger charge is 2.28. The van der Waals surface area contributed by atoms with E-state index in [1.165, 1.54) is 12.8 Å². The molecule has 2 heterocycles. The van der Waals surface area contributed by atoms with Crippen molar-refractivity contribution in [2.45, 2.75) is 31.8 Å². The third-order valence-electron chi connectivity index (χ3n) is 2.52. The maximum atomic E-state index is 5.44. The average molecular weight is 220 g/mol. The molecule has 1 aliphatic rings. The Morgan fingerprint density at radius 2 is 2.38 bits per heavy atom. The number of nitrogens with zero attached hydrogens (tertiary/aromatic N) is 5. The normalized spacial score (nSPS) is 15.6. The highest BCUT2D eigenvalue weighted by molar-refractivity contribution is 5.03. The summed E-state index contributed by atoms with van der Waals surface area (Å²) in [6.07, 6.45) is 4.11. The summed E-state index contributed by atoms with van der Waals surface area (Å²) in [5.41, 5.74) is 6.19. The predicted molar refractivity (Wildman–Crippen MR) is 53.3 cm³/mol. The van der Waals surface area contributed by atoms with Crippen molar-refractivity contribution in [1.29, 1.82) is 0 Å². The van der Waals surface area contributed by atoms with Gasteiger partial charge in [0, 0.05) is 12.5 Å². The molecule has 0 aromatic carbocycles. The van der Waals surface area contributed by atoms with E-state index >= 15 is 0 Å². The largest absolute Gasteiger partial charge is 0.337 e. The van der Waals surface area contributed by atoms with Crippen molar-refractivity contribution in [2.24, 2.45) is 5.73 Å². The predicted octanol–water partition coefficient (Wildman–Crippen LogP) is 0.0455. The van der Waals surface area contributed by atoms with Crippen molar-refractivity contribution >= 4 is 0 Å². The molecule has 0 saturated heterocycles. The Morgan fingerprint density at radius 3 is 3.06 bits per heavy atom. The summed E-state index contributed by atoms with van der Waals surface area (Å²) in [5.74, 6) is 1.89. The van der Waals surface area contributed by atoms with Gasteiger partial charge in [0.2, 0.25) is 5.89 Å². The van der Waals surface area contributed by atoms with Gasteiger partial charge < -0.3 is 10.3 Å². The van der Waals surface area contributed by atoms with Crippen LogP contribution in [0.1, 0.15) is 36.2 Å². The molecule has 0 bridgehead atoms. The lowest BCUT2D eigenvalue weighted by atomic mass is 10.4. The summed E-state index contributed by atoms with van der Waals surface area (Å²) in [7, 11) is 0. The molecule has 1 aliphatic carbocycles. The minimum atomic E-state index is 0.386. The van der Waals surface area contributed by atoms with E-state index in [1.807, 2.05) is 0 Å². The molecule has 0 unspecified atom stereocenters. The molecule has 0 spiro atoms. The van der Waals surface area contributed by atoms with Crippen LogP contribution in [0.5, 0.6) is 0 Å². The first kappa shape index (κ1) is 9.46. The van der Waals surface area contributed by atoms with Crippen LogP contribution in [-0.4, -0.2) is 25.1 Å². The summed E-state index contributed by atoms with van der Waals surface area (Å²) in [4.78, 5) is 4.30. The molecule has 0 atom stereocenters. The quantitative estimate of drug-likeness (QED) is 0.781. The standard InChI is InChI=1S/C9H12N6O/c10-3-7-4-15(14-12-7)5-8-11-9(13-16-8)6-1-2-6/h4,6H,1-3,5,10H2. The van der Waals surface area contributed by atoms with E-state index in [0.717, 1.165) is 11.5 Å². The number of hydrogen-bond acceptors (Lipinski definition) is 6. The van der Waals surface area contributed by atoms with E-state index < -0.39 is 0 Å². The van der Waals surface area contributed by atoms with E-state index in [1.54, 1.807) is 10.9 Å². The molecule has 7 nitrogen and oxygen atoms in total. The highest BCUT2D eigenvalue weighted by atomic mass is 16.5. The van der Waals surface area contributed by atoms with Crippen molar-refractivity contribution in [3.63, 3.8) is 0 Å². The molecule has 2 N–H and O–H groups in total. The molecule has 16 heavy (non-hydrogen) atoms. The molecule has 2 aromatic rings. The van der Waals surface area contributed by atoms with Gasteiger partial charge in [0.25, 0.3) is 0 Å². The molecule has 3 rings (SSSR count). The maximum Gasteiger partial charge on any atom is 0.248 e. The second kappa shape index (κ2) is 3.67. The maximum absolute atomic E-state index is 5.44. The third kappa shape index (κ3) is 1.81. The van der Waals surface area contributed by atoms with E-state index in [9.17, 15) is 0 Å². The summed E-state index contributed by atoms with van der Waals surface area (Å²) in [6.45, 7) is 0.837. The third-order valence-corrected chi connectivity index (χ3v) is 2.52. The lowest BCUT2D eigenvalue weighted by Gasteiger charge is -1.91. The summed E-state index contributed by atoms with van der Waals surface area (Å²) in [6, 6.07) is 0. The molecule has 2 aromatic heterocycles. The summed E-state index contributed by atoms with van der Waals surface area (Å²) < 4.78 is 6.78. The molecule has 84 valence electrons. The second-order valence-electron chi connectivity index (χ2n) is 3.93. The minimum Gasteiger partial charge on any atom is -0.337 e. The average Bonchev–Trinajstić information content (AvgIpc) is 2.88. The van der Waals surface area contributed by atoms with Gasteiger partial charge in [0.15, 0.2) is 5.82 Å². The van der Waals surface area contributed by atoms with Gasteiger partial charge in [-0.2, -0.15) is 4.98 Å². The Kier molecular flexibility index (Phi) is 2.17. The van der Waals surface area contributed by atoms with Gasteiger partial charge in [0.1, 0.15) is 6.54 Å². The highest BCUT2D eigenvalue weighted by Crippen LogP contribution is 2.38. The monoisotopic (exact) mass is 220 g/mol. The SMILES string of the molecule is NCc1cn(Cc2nc(C3CC3)no2)nn1. The fraction of sp³-hybridized carbons (Fsp3) is 0.556. The number of rotatable bonds is 4. The lowest BCUT2D eigenvalue weighted by Crippen LogP contribution is -2.01. The Bertz CT molecular complexity index is 486. The van der Waals surface area contributed by atoms with Crippen molar-refractivity contribution in [1.82, 2.24) is 25.1 Å². The molecule has 1 fully saturated rings. The van der Waals surface area contributed by atoms with Crippen LogP contribution in [0.3, 0.4) is 0 Å². The van der Waals surface area contributed by atoms with Crippen LogP contribution >= 0.6 is 0 Å². The van der Waals surface area contributed by atoms with Gasteiger partial charge in [-0.25, -0.2) is 4.68 Å². The van der Waals surface area contributed by atoms with Crippen molar-refractivity contribution in [3.05, 3.63) is 23.6 Å². The van der Waals surface area contributed by atoms with E-state index in [0.29, 0.717) is 24.9 Å². The Labute approximate surface area is 91.6 Å². The zero-order valence-electron chi connectivity index (χ0n) is 8.70. The first-order chi connectivity index (χ1) is 7.85. The first-order valence-electron chi connectivity index (χ1n) is 5.26. The zero-order valence-corrected chi connectivity index (χ0v) is 8.70. The van der Waals surface area contributed by atoms with Crippen LogP contribution < -0.4 is 5.73 Å². The topological polar surface area (TPSA) is 95.7 Å². The van der Waals surface area contributed by atoms with Gasteiger partial charge >= 0.3 is 0 Å². The molecule has 0 radical (unpaired) electrons. The molecule has 0 amide bonds. The van der Waals surface area contributed by atoms with Crippen LogP contribution in [0.4, 0.5) is 0 Å². The fourth-order valence-corrected chi connectivity index (χ4v) is 1.49. The minimum absolute atomic E-state index is 0.386.